The van der Waals surface area contributed by atoms with Crippen LogP contribution in [0.2, 0.25) is 0 Å². The van der Waals surface area contributed by atoms with Crippen LogP contribution in [0.1, 0.15) is 63.8 Å². The van der Waals surface area contributed by atoms with Crippen molar-refractivity contribution in [1.82, 2.24) is 24.9 Å². The number of Topliss-reactive ketones (excluding diaryl/α,β-unsaturated/α-hetero) is 2. The normalized spacial score (nSPS) is 15.3. The molecule has 0 aliphatic carbocycles. The van der Waals surface area contributed by atoms with Crippen molar-refractivity contribution < 1.29 is 33.5 Å². The van der Waals surface area contributed by atoms with Crippen LogP contribution in [0.15, 0.2) is 67.0 Å². The van der Waals surface area contributed by atoms with E-state index in [1.807, 2.05) is 48.8 Å². The molecule has 1 saturated heterocycles. The number of carbonyl (C=O) groups excluding carboxylic acids is 6. The maximum absolute atomic E-state index is 13.4. The van der Waals surface area contributed by atoms with E-state index >= 15 is 0 Å². The van der Waals surface area contributed by atoms with Gasteiger partial charge >= 0.3 is 6.09 Å². The van der Waals surface area contributed by atoms with Crippen molar-refractivity contribution in [2.45, 2.75) is 71.0 Å². The average molecular weight is 715 g/mol. The zero-order valence-corrected chi connectivity index (χ0v) is 29.8. The number of nitrogens with zero attached hydrogens (tertiary/aromatic N) is 3. The van der Waals surface area contributed by atoms with Gasteiger partial charge in [0.2, 0.25) is 17.7 Å². The van der Waals surface area contributed by atoms with Crippen molar-refractivity contribution in [3.8, 4) is 10.4 Å². The molecule has 1 fully saturated rings. The zero-order valence-electron chi connectivity index (χ0n) is 29.0. The first kappa shape index (κ1) is 36.9. The summed E-state index contributed by atoms with van der Waals surface area (Å²) in [5.41, 5.74) is 2.77. The number of thiazole rings is 1. The number of alkyl carbamates (subject to hydrolysis) is 1. The number of rotatable bonds is 14. The van der Waals surface area contributed by atoms with Gasteiger partial charge in [-0.15, -0.1) is 0 Å². The minimum absolute atomic E-state index is 0.0311. The van der Waals surface area contributed by atoms with Crippen molar-refractivity contribution in [1.29, 1.82) is 0 Å². The second-order valence-corrected chi connectivity index (χ2v) is 13.9. The molecule has 51 heavy (non-hydrogen) atoms. The van der Waals surface area contributed by atoms with Crippen molar-refractivity contribution in [3.63, 3.8) is 0 Å². The van der Waals surface area contributed by atoms with Crippen molar-refractivity contribution in [2.75, 3.05) is 19.0 Å². The number of hydrogen-bond acceptors (Lipinski definition) is 9. The molecule has 0 unspecified atom stereocenters. The molecular weight excluding hydrogens is 673 g/mol. The van der Waals surface area contributed by atoms with E-state index in [1.165, 1.54) is 25.4 Å². The first-order chi connectivity index (χ1) is 24.4. The maximum atomic E-state index is 13.4. The highest BCUT2D eigenvalue weighted by Crippen LogP contribution is 2.30. The molecule has 2 aromatic heterocycles. The molecule has 1 aliphatic rings. The quantitative estimate of drug-likeness (QED) is 0.169. The number of benzene rings is 2. The van der Waals surface area contributed by atoms with Crippen LogP contribution in [0.3, 0.4) is 0 Å². The van der Waals surface area contributed by atoms with Gasteiger partial charge in [-0.05, 0) is 42.0 Å². The molecule has 0 spiro atoms. The highest BCUT2D eigenvalue weighted by Gasteiger charge is 2.38. The third-order valence-corrected chi connectivity index (χ3v) is 9.76. The molecule has 5 rings (SSSR count). The van der Waals surface area contributed by atoms with E-state index in [1.54, 1.807) is 41.3 Å². The molecule has 4 amide bonds. The standard InChI is InChI=1S/C37H42N6O7S/c1-22(2)33(41-37(49)50-4)35(48)43-18-8-11-28(43)30(46)19-27-20-42-21-31(51-36(42)40-27)24-12-14-26(15-13-24)39-32(47)17-16-29(45)34(38-23(3)44)25-9-6-5-7-10-25/h5-7,9-10,12-15,20-22,28,33-34H,8,11,16-19H2,1-4H3,(H,38,44)(H,39,47)(H,41,49)/t28-,33-,34+/m0/s1. The van der Waals surface area contributed by atoms with E-state index in [2.05, 4.69) is 25.7 Å². The summed E-state index contributed by atoms with van der Waals surface area (Å²) in [5.74, 6) is -1.47. The third kappa shape index (κ3) is 9.25. The SMILES string of the molecule is COC(=O)N[C@H](C(=O)N1CCC[C@H]1C(=O)Cc1cn2cc(-c3ccc(NC(=O)CCC(=O)[C@H](NC(C)=O)c4ccccc4)cc3)sc2n1)C(C)C. The number of methoxy groups -OCH3 is 1. The topological polar surface area (TPSA) is 168 Å². The molecule has 3 atom stereocenters. The van der Waals surface area contributed by atoms with Crippen molar-refractivity contribution in [3.05, 3.63) is 78.2 Å². The molecule has 0 saturated carbocycles. The molecule has 3 N–H and O–H groups in total. The number of fused-ring (bicyclic) bond motifs is 1. The summed E-state index contributed by atoms with van der Waals surface area (Å²) in [6.45, 7) is 5.45. The highest BCUT2D eigenvalue weighted by atomic mass is 32.1. The maximum Gasteiger partial charge on any atom is 0.407 e. The number of aromatic nitrogens is 2. The molecule has 14 heteroatoms. The molecule has 1 aliphatic heterocycles. The fraction of sp³-hybridized carbons (Fsp3) is 0.378. The largest absolute Gasteiger partial charge is 0.453 e. The van der Waals surface area contributed by atoms with E-state index in [0.717, 1.165) is 10.4 Å². The number of imidazole rings is 1. The van der Waals surface area contributed by atoms with Crippen LogP contribution in [-0.4, -0.2) is 75.4 Å². The van der Waals surface area contributed by atoms with Crippen molar-refractivity contribution in [2.24, 2.45) is 5.92 Å². The van der Waals surface area contributed by atoms with Gasteiger partial charge in [0.05, 0.1) is 30.1 Å². The van der Waals surface area contributed by atoms with Gasteiger partial charge in [0.25, 0.3) is 0 Å². The summed E-state index contributed by atoms with van der Waals surface area (Å²) in [7, 11) is 1.24. The number of amides is 4. The third-order valence-electron chi connectivity index (χ3n) is 8.71. The predicted molar refractivity (Wildman–Crippen MR) is 192 cm³/mol. The zero-order chi connectivity index (χ0) is 36.7. The molecule has 0 bridgehead atoms. The Morgan fingerprint density at radius 1 is 0.961 bits per heavy atom. The minimum atomic E-state index is -0.812. The van der Waals surface area contributed by atoms with Gasteiger partial charge in [0, 0.05) is 44.4 Å². The van der Waals surface area contributed by atoms with Gasteiger partial charge in [0.1, 0.15) is 12.1 Å². The van der Waals surface area contributed by atoms with Gasteiger partial charge in [0.15, 0.2) is 16.5 Å². The second-order valence-electron chi connectivity index (χ2n) is 12.8. The van der Waals surface area contributed by atoms with Crippen LogP contribution in [0.5, 0.6) is 0 Å². The fourth-order valence-electron chi connectivity index (χ4n) is 6.12. The first-order valence-electron chi connectivity index (χ1n) is 16.8. The lowest BCUT2D eigenvalue weighted by molar-refractivity contribution is -0.139. The first-order valence-corrected chi connectivity index (χ1v) is 17.6. The Bertz CT molecular complexity index is 1870. The number of hydrogen-bond donors (Lipinski definition) is 3. The molecule has 0 radical (unpaired) electrons. The Hall–Kier alpha value is -5.37. The van der Waals surface area contributed by atoms with E-state index in [9.17, 15) is 28.8 Å². The van der Waals surface area contributed by atoms with Crippen molar-refractivity contribution >= 4 is 57.4 Å². The monoisotopic (exact) mass is 714 g/mol. The molecule has 13 nitrogen and oxygen atoms in total. The van der Waals surface area contributed by atoms with Crippen LogP contribution in [0, 0.1) is 5.92 Å². The Kier molecular flexibility index (Phi) is 12.0. The summed E-state index contributed by atoms with van der Waals surface area (Å²) in [4.78, 5) is 83.7. The van der Waals surface area contributed by atoms with E-state index in [4.69, 9.17) is 0 Å². The average Bonchev–Trinajstić information content (AvgIpc) is 3.85. The number of ether oxygens (including phenoxy) is 1. The highest BCUT2D eigenvalue weighted by molar-refractivity contribution is 7.20. The Balaban J connectivity index is 1.15. The molecule has 2 aromatic carbocycles. The number of ketones is 2. The minimum Gasteiger partial charge on any atom is -0.453 e. The summed E-state index contributed by atoms with van der Waals surface area (Å²) >= 11 is 1.46. The van der Waals surface area contributed by atoms with Crippen LogP contribution in [0.4, 0.5) is 10.5 Å². The number of likely N-dealkylation sites (tertiary alicyclic amines) is 1. The summed E-state index contributed by atoms with van der Waals surface area (Å²) in [6.07, 6.45) is 4.32. The molecular formula is C37H42N6O7S. The lowest BCUT2D eigenvalue weighted by Crippen LogP contribution is -2.53. The van der Waals surface area contributed by atoms with Crippen LogP contribution >= 0.6 is 11.3 Å². The number of nitrogens with one attached hydrogen (secondary N) is 3. The number of carbonyl (C=O) groups is 6. The van der Waals surface area contributed by atoms with Crippen LogP contribution < -0.4 is 16.0 Å². The predicted octanol–water partition coefficient (Wildman–Crippen LogP) is 4.71. The lowest BCUT2D eigenvalue weighted by atomic mass is 9.99. The summed E-state index contributed by atoms with van der Waals surface area (Å²) in [6, 6.07) is 14.1. The van der Waals surface area contributed by atoms with E-state index in [0.29, 0.717) is 41.3 Å². The Morgan fingerprint density at radius 2 is 1.69 bits per heavy atom. The van der Waals surface area contributed by atoms with Gasteiger partial charge in [-0.25, -0.2) is 9.78 Å². The Labute approximate surface area is 299 Å². The lowest BCUT2D eigenvalue weighted by Gasteiger charge is -2.30. The Morgan fingerprint density at radius 3 is 2.33 bits per heavy atom. The van der Waals surface area contributed by atoms with Crippen LogP contribution in [0.25, 0.3) is 15.4 Å². The summed E-state index contributed by atoms with van der Waals surface area (Å²) < 4.78 is 6.55. The fourth-order valence-corrected chi connectivity index (χ4v) is 7.11. The molecule has 3 heterocycles. The molecule has 268 valence electrons. The smallest absolute Gasteiger partial charge is 0.407 e. The van der Waals surface area contributed by atoms with Gasteiger partial charge in [-0.1, -0.05) is 67.6 Å². The molecule has 4 aromatic rings. The number of anilines is 1. The van der Waals surface area contributed by atoms with Crippen LogP contribution in [-0.2, 0) is 35.1 Å². The van der Waals surface area contributed by atoms with E-state index < -0.39 is 24.2 Å². The summed E-state index contributed by atoms with van der Waals surface area (Å²) in [5, 5.41) is 8.10. The van der Waals surface area contributed by atoms with E-state index in [-0.39, 0.29) is 54.5 Å². The van der Waals surface area contributed by atoms with Gasteiger partial charge in [-0.2, -0.15) is 0 Å². The van der Waals surface area contributed by atoms with Gasteiger partial charge in [-0.3, -0.25) is 28.4 Å². The second kappa shape index (κ2) is 16.6. The van der Waals surface area contributed by atoms with Gasteiger partial charge < -0.3 is 25.6 Å².